The van der Waals surface area contributed by atoms with Gasteiger partial charge in [-0.1, -0.05) is 12.5 Å². The van der Waals surface area contributed by atoms with Crippen molar-refractivity contribution >= 4 is 5.82 Å². The maximum absolute atomic E-state index is 10.6. The minimum atomic E-state index is -0.345. The van der Waals surface area contributed by atoms with Crippen LogP contribution < -0.4 is 4.90 Å². The Balaban J connectivity index is 1.22. The molecule has 2 aromatic heterocycles. The van der Waals surface area contributed by atoms with Crippen molar-refractivity contribution in [2.24, 2.45) is 11.8 Å². The quantitative estimate of drug-likeness (QED) is 0.873. The van der Waals surface area contributed by atoms with Crippen LogP contribution in [-0.2, 0) is 6.54 Å². The molecule has 2 aromatic rings. The SMILES string of the molecule is O[C@@H]1C[C@H]2CN(c3ccc(CN4CCCCC4)cn3)C[C@H]2C[C@H]1n1cncn1. The average Bonchev–Trinajstić information content (AvgIpc) is 3.38. The van der Waals surface area contributed by atoms with Gasteiger partial charge in [0, 0.05) is 25.8 Å². The zero-order valence-electron chi connectivity index (χ0n) is 16.4. The number of anilines is 1. The number of nitrogens with zero attached hydrogens (tertiary/aromatic N) is 6. The zero-order valence-corrected chi connectivity index (χ0v) is 16.4. The summed E-state index contributed by atoms with van der Waals surface area (Å²) in [6.45, 7) is 5.45. The fourth-order valence-electron chi connectivity index (χ4n) is 5.34. The predicted octanol–water partition coefficient (Wildman–Crippen LogP) is 2.11. The number of aliphatic hydroxyl groups excluding tert-OH is 1. The van der Waals surface area contributed by atoms with Crippen molar-refractivity contribution in [3.05, 3.63) is 36.5 Å². The number of likely N-dealkylation sites (tertiary alicyclic amines) is 1. The van der Waals surface area contributed by atoms with Gasteiger partial charge in [-0.2, -0.15) is 5.10 Å². The van der Waals surface area contributed by atoms with Gasteiger partial charge in [-0.3, -0.25) is 4.90 Å². The molecule has 0 bridgehead atoms. The van der Waals surface area contributed by atoms with Crippen LogP contribution in [-0.4, -0.2) is 62.0 Å². The van der Waals surface area contributed by atoms with Crippen LogP contribution in [0.1, 0.15) is 43.7 Å². The number of hydrogen-bond donors (Lipinski definition) is 1. The molecule has 1 aliphatic carbocycles. The summed E-state index contributed by atoms with van der Waals surface area (Å²) in [6, 6.07) is 4.47. The summed E-state index contributed by atoms with van der Waals surface area (Å²) in [7, 11) is 0. The summed E-state index contributed by atoms with van der Waals surface area (Å²) in [6.07, 6.45) is 10.8. The third-order valence-corrected chi connectivity index (χ3v) is 6.87. The third kappa shape index (κ3) is 3.65. The molecule has 3 fully saturated rings. The van der Waals surface area contributed by atoms with E-state index in [4.69, 9.17) is 4.98 Å². The standard InChI is InChI=1S/C21H30N6O/c28-20-9-18-13-26(12-17(18)8-19(20)27-15-22-14-24-27)21-5-4-16(10-23-21)11-25-6-2-1-3-7-25/h4-5,10,14-15,17-20,28H,1-3,6-9,11-13H2/t17-,18+,19-,20-/m1/s1. The second kappa shape index (κ2) is 7.79. The molecule has 1 saturated carbocycles. The van der Waals surface area contributed by atoms with E-state index in [1.807, 2.05) is 4.68 Å². The fraction of sp³-hybridized carbons (Fsp3) is 0.667. The van der Waals surface area contributed by atoms with Crippen LogP contribution >= 0.6 is 0 Å². The molecule has 4 heterocycles. The molecule has 0 radical (unpaired) electrons. The van der Waals surface area contributed by atoms with E-state index in [9.17, 15) is 5.11 Å². The van der Waals surface area contributed by atoms with E-state index in [1.165, 1.54) is 37.9 Å². The maximum atomic E-state index is 10.6. The van der Waals surface area contributed by atoms with Crippen LogP contribution in [0.5, 0.6) is 0 Å². The second-order valence-corrected chi connectivity index (χ2v) is 8.77. The zero-order chi connectivity index (χ0) is 18.9. The summed E-state index contributed by atoms with van der Waals surface area (Å²) in [5.41, 5.74) is 1.31. The first kappa shape index (κ1) is 18.1. The molecule has 28 heavy (non-hydrogen) atoms. The molecule has 2 aliphatic heterocycles. The highest BCUT2D eigenvalue weighted by molar-refractivity contribution is 5.41. The highest BCUT2D eigenvalue weighted by Crippen LogP contribution is 2.41. The van der Waals surface area contributed by atoms with Gasteiger partial charge in [0.25, 0.3) is 0 Å². The Hall–Kier alpha value is -1.99. The Morgan fingerprint density at radius 2 is 1.86 bits per heavy atom. The molecule has 5 rings (SSSR count). The monoisotopic (exact) mass is 382 g/mol. The number of hydrogen-bond acceptors (Lipinski definition) is 6. The molecule has 7 heteroatoms. The van der Waals surface area contributed by atoms with Crippen molar-refractivity contribution in [2.75, 3.05) is 31.1 Å². The van der Waals surface area contributed by atoms with E-state index in [-0.39, 0.29) is 12.1 Å². The van der Waals surface area contributed by atoms with Crippen molar-refractivity contribution in [1.29, 1.82) is 0 Å². The largest absolute Gasteiger partial charge is 0.391 e. The van der Waals surface area contributed by atoms with Crippen LogP contribution in [0.25, 0.3) is 0 Å². The van der Waals surface area contributed by atoms with Crippen LogP contribution in [0.3, 0.4) is 0 Å². The van der Waals surface area contributed by atoms with Gasteiger partial charge in [-0.15, -0.1) is 0 Å². The Labute approximate surface area is 166 Å². The fourth-order valence-corrected chi connectivity index (χ4v) is 5.34. The molecule has 0 amide bonds. The number of fused-ring (bicyclic) bond motifs is 1. The maximum Gasteiger partial charge on any atom is 0.137 e. The minimum Gasteiger partial charge on any atom is -0.391 e. The van der Waals surface area contributed by atoms with Crippen molar-refractivity contribution in [2.45, 2.75) is 50.8 Å². The number of pyridine rings is 1. The summed E-state index contributed by atoms with van der Waals surface area (Å²) < 4.78 is 1.83. The van der Waals surface area contributed by atoms with Gasteiger partial charge in [-0.25, -0.2) is 14.6 Å². The van der Waals surface area contributed by atoms with E-state index >= 15 is 0 Å². The molecule has 2 saturated heterocycles. The summed E-state index contributed by atoms with van der Waals surface area (Å²) in [5, 5.41) is 14.9. The summed E-state index contributed by atoms with van der Waals surface area (Å²) in [5.74, 6) is 2.18. The first-order valence-corrected chi connectivity index (χ1v) is 10.7. The number of rotatable bonds is 4. The minimum absolute atomic E-state index is 0.0450. The van der Waals surface area contributed by atoms with Gasteiger partial charge < -0.3 is 10.0 Å². The normalized spacial score (nSPS) is 31.1. The lowest BCUT2D eigenvalue weighted by Crippen LogP contribution is -2.36. The topological polar surface area (TPSA) is 70.3 Å². The first-order valence-electron chi connectivity index (χ1n) is 10.7. The van der Waals surface area contributed by atoms with Gasteiger partial charge in [0.05, 0.1) is 12.1 Å². The molecule has 0 unspecified atom stereocenters. The van der Waals surface area contributed by atoms with Crippen molar-refractivity contribution in [3.63, 3.8) is 0 Å². The van der Waals surface area contributed by atoms with Crippen molar-refractivity contribution in [1.82, 2.24) is 24.6 Å². The molecule has 150 valence electrons. The lowest BCUT2D eigenvalue weighted by Gasteiger charge is -2.34. The van der Waals surface area contributed by atoms with E-state index in [0.29, 0.717) is 11.8 Å². The van der Waals surface area contributed by atoms with E-state index in [0.717, 1.165) is 38.3 Å². The van der Waals surface area contributed by atoms with Crippen LogP contribution in [0.4, 0.5) is 5.82 Å². The van der Waals surface area contributed by atoms with Crippen molar-refractivity contribution < 1.29 is 5.11 Å². The van der Waals surface area contributed by atoms with Crippen LogP contribution in [0.2, 0.25) is 0 Å². The van der Waals surface area contributed by atoms with E-state index in [1.54, 1.807) is 12.7 Å². The van der Waals surface area contributed by atoms with Crippen LogP contribution in [0.15, 0.2) is 31.0 Å². The number of piperidine rings is 1. The van der Waals surface area contributed by atoms with Gasteiger partial charge >= 0.3 is 0 Å². The predicted molar refractivity (Wildman–Crippen MR) is 107 cm³/mol. The lowest BCUT2D eigenvalue weighted by atomic mass is 9.77. The molecular weight excluding hydrogens is 352 g/mol. The number of aromatic nitrogens is 4. The van der Waals surface area contributed by atoms with E-state index in [2.05, 4.69) is 38.2 Å². The Morgan fingerprint density at radius 1 is 1.04 bits per heavy atom. The van der Waals surface area contributed by atoms with Gasteiger partial charge in [0.1, 0.15) is 18.5 Å². The molecule has 7 nitrogen and oxygen atoms in total. The van der Waals surface area contributed by atoms with Crippen molar-refractivity contribution in [3.8, 4) is 0 Å². The average molecular weight is 383 g/mol. The van der Waals surface area contributed by atoms with E-state index < -0.39 is 0 Å². The Morgan fingerprint density at radius 3 is 2.57 bits per heavy atom. The smallest absolute Gasteiger partial charge is 0.137 e. The second-order valence-electron chi connectivity index (χ2n) is 8.77. The number of aliphatic hydroxyl groups is 1. The van der Waals surface area contributed by atoms with Gasteiger partial charge in [0.2, 0.25) is 0 Å². The first-order chi connectivity index (χ1) is 13.8. The summed E-state index contributed by atoms with van der Waals surface area (Å²) in [4.78, 5) is 13.8. The van der Waals surface area contributed by atoms with Crippen LogP contribution in [0, 0.1) is 11.8 Å². The Kier molecular flexibility index (Phi) is 5.03. The van der Waals surface area contributed by atoms with Gasteiger partial charge in [0.15, 0.2) is 0 Å². The highest BCUT2D eigenvalue weighted by atomic mass is 16.3. The molecular formula is C21H30N6O. The molecule has 4 atom stereocenters. The molecule has 0 spiro atoms. The third-order valence-electron chi connectivity index (χ3n) is 6.87. The molecule has 3 aliphatic rings. The molecule has 1 N–H and O–H groups in total. The molecule has 0 aromatic carbocycles. The summed E-state index contributed by atoms with van der Waals surface area (Å²) >= 11 is 0. The van der Waals surface area contributed by atoms with Gasteiger partial charge in [-0.05, 0) is 62.2 Å². The Bertz CT molecular complexity index is 758. The highest BCUT2D eigenvalue weighted by Gasteiger charge is 2.42. The lowest BCUT2D eigenvalue weighted by molar-refractivity contribution is 0.0305.